The van der Waals surface area contributed by atoms with Crippen molar-refractivity contribution in [3.8, 4) is 11.5 Å². The Hall–Kier alpha value is -3.39. The van der Waals surface area contributed by atoms with Gasteiger partial charge in [0.1, 0.15) is 11.9 Å². The number of carbonyl (C=O) groups excluding carboxylic acids is 1. The normalized spacial score (nSPS) is 17.2. The topological polar surface area (TPSA) is 74.6 Å². The van der Waals surface area contributed by atoms with Crippen LogP contribution in [0.3, 0.4) is 0 Å². The molecule has 1 amide bonds. The number of hydrogen-bond donors (Lipinski definition) is 1. The highest BCUT2D eigenvalue weighted by Gasteiger charge is 2.26. The van der Waals surface area contributed by atoms with Crippen molar-refractivity contribution in [2.24, 2.45) is 0 Å². The van der Waals surface area contributed by atoms with E-state index in [0.29, 0.717) is 24.6 Å². The number of carbonyl (C=O) groups is 1. The molecule has 2 aliphatic rings. The lowest BCUT2D eigenvalue weighted by Crippen LogP contribution is -2.22. The molecule has 142 valence electrons. The quantitative estimate of drug-likeness (QED) is 0.754. The van der Waals surface area contributed by atoms with E-state index >= 15 is 0 Å². The first-order chi connectivity index (χ1) is 13.7. The lowest BCUT2D eigenvalue weighted by molar-refractivity contribution is -0.00127. The van der Waals surface area contributed by atoms with Crippen molar-refractivity contribution in [1.29, 1.82) is 0 Å². The van der Waals surface area contributed by atoms with Gasteiger partial charge in [-0.3, -0.25) is 9.48 Å². The molecule has 2 aromatic carbocycles. The fraction of sp³-hybridized carbons (Fsp3) is 0.200. The van der Waals surface area contributed by atoms with Crippen LogP contribution in [0.15, 0.2) is 48.5 Å². The number of aromatic nitrogens is 2. The highest BCUT2D eigenvalue weighted by Crippen LogP contribution is 2.36. The van der Waals surface area contributed by atoms with E-state index < -0.39 is 0 Å². The predicted octanol–water partition coefficient (Wildman–Crippen LogP) is 3.27. The van der Waals surface area contributed by atoms with E-state index in [1.165, 1.54) is 24.3 Å². The summed E-state index contributed by atoms with van der Waals surface area (Å²) in [7, 11) is 0. The maximum absolute atomic E-state index is 13.0. The van der Waals surface area contributed by atoms with Gasteiger partial charge >= 0.3 is 0 Å². The zero-order valence-electron chi connectivity index (χ0n) is 14.7. The summed E-state index contributed by atoms with van der Waals surface area (Å²) in [6, 6.07) is 13.0. The second kappa shape index (κ2) is 6.65. The minimum atomic E-state index is -0.359. The summed E-state index contributed by atoms with van der Waals surface area (Å²) in [6.07, 6.45) is -0.199. The monoisotopic (exact) mass is 381 g/mol. The van der Waals surface area contributed by atoms with Crippen LogP contribution < -0.4 is 14.8 Å². The van der Waals surface area contributed by atoms with Gasteiger partial charge in [0.2, 0.25) is 6.79 Å². The van der Waals surface area contributed by atoms with Crippen LogP contribution in [0.4, 0.5) is 10.1 Å². The number of anilines is 1. The van der Waals surface area contributed by atoms with Gasteiger partial charge in [-0.05, 0) is 48.0 Å². The summed E-state index contributed by atoms with van der Waals surface area (Å²) < 4.78 is 31.5. The summed E-state index contributed by atoms with van der Waals surface area (Å²) in [5.41, 5.74) is 2.57. The third-order valence-electron chi connectivity index (χ3n) is 4.74. The van der Waals surface area contributed by atoms with Crippen LogP contribution in [0.25, 0.3) is 0 Å². The Balaban J connectivity index is 1.32. The highest BCUT2D eigenvalue weighted by molar-refractivity contribution is 6.02. The molecule has 0 spiro atoms. The number of benzene rings is 2. The molecule has 2 aliphatic heterocycles. The maximum Gasteiger partial charge on any atom is 0.276 e. The molecule has 28 heavy (non-hydrogen) atoms. The Morgan fingerprint density at radius 2 is 1.93 bits per heavy atom. The van der Waals surface area contributed by atoms with E-state index in [-0.39, 0.29) is 30.3 Å². The molecule has 0 unspecified atom stereocenters. The minimum Gasteiger partial charge on any atom is -0.454 e. The van der Waals surface area contributed by atoms with E-state index in [9.17, 15) is 9.18 Å². The SMILES string of the molecule is O=C(Nc1ccc(F)cc1)c1cc2n(n1)C[C@H](c1ccc3c(c1)OCO3)OC2. The molecule has 3 aromatic rings. The standard InChI is InChI=1S/C20H16FN3O4/c21-13-2-4-14(5-3-13)22-20(25)16-8-15-10-26-19(9-24(15)23-16)12-1-6-17-18(7-12)28-11-27-17/h1-8,19H,9-11H2,(H,22,25)/t19-/m1/s1. The number of rotatable bonds is 3. The highest BCUT2D eigenvalue weighted by atomic mass is 19.1. The molecule has 1 N–H and O–H groups in total. The molecule has 8 heteroatoms. The molecule has 1 aromatic heterocycles. The van der Waals surface area contributed by atoms with Gasteiger partial charge in [-0.2, -0.15) is 5.10 Å². The fourth-order valence-corrected chi connectivity index (χ4v) is 3.28. The lowest BCUT2D eigenvalue weighted by atomic mass is 10.1. The maximum atomic E-state index is 13.0. The van der Waals surface area contributed by atoms with E-state index in [2.05, 4.69) is 10.4 Å². The first-order valence-electron chi connectivity index (χ1n) is 8.80. The van der Waals surface area contributed by atoms with Crippen molar-refractivity contribution in [1.82, 2.24) is 9.78 Å². The summed E-state index contributed by atoms with van der Waals surface area (Å²) >= 11 is 0. The van der Waals surface area contributed by atoms with Crippen molar-refractivity contribution >= 4 is 11.6 Å². The summed E-state index contributed by atoms with van der Waals surface area (Å²) in [6.45, 7) is 1.05. The third-order valence-corrected chi connectivity index (χ3v) is 4.74. The van der Waals surface area contributed by atoms with Crippen LogP contribution in [0, 0.1) is 5.82 Å². The van der Waals surface area contributed by atoms with Crippen molar-refractivity contribution in [2.75, 3.05) is 12.1 Å². The van der Waals surface area contributed by atoms with Crippen LogP contribution in [0.1, 0.15) is 27.8 Å². The molecule has 0 fully saturated rings. The zero-order chi connectivity index (χ0) is 19.1. The van der Waals surface area contributed by atoms with Crippen LogP contribution in [-0.4, -0.2) is 22.5 Å². The first-order valence-corrected chi connectivity index (χ1v) is 8.80. The molecule has 1 atom stereocenters. The Morgan fingerprint density at radius 3 is 2.79 bits per heavy atom. The van der Waals surface area contributed by atoms with Crippen molar-refractivity contribution in [3.05, 3.63) is 71.3 Å². The molecule has 7 nitrogen and oxygen atoms in total. The average Bonchev–Trinajstić information content (AvgIpc) is 3.35. The van der Waals surface area contributed by atoms with E-state index in [1.807, 2.05) is 18.2 Å². The van der Waals surface area contributed by atoms with Crippen LogP contribution in [0.5, 0.6) is 11.5 Å². The first kappa shape index (κ1) is 16.8. The summed E-state index contributed by atoms with van der Waals surface area (Å²) in [5, 5.41) is 7.12. The van der Waals surface area contributed by atoms with Gasteiger partial charge in [0.15, 0.2) is 17.2 Å². The van der Waals surface area contributed by atoms with Gasteiger partial charge in [-0.15, -0.1) is 0 Å². The third kappa shape index (κ3) is 3.07. The number of nitrogens with one attached hydrogen (secondary N) is 1. The summed E-state index contributed by atoms with van der Waals surface area (Å²) in [4.78, 5) is 12.4. The Morgan fingerprint density at radius 1 is 1.11 bits per heavy atom. The van der Waals surface area contributed by atoms with E-state index in [4.69, 9.17) is 14.2 Å². The van der Waals surface area contributed by atoms with Crippen molar-refractivity contribution in [2.45, 2.75) is 19.3 Å². The molecule has 0 radical (unpaired) electrons. The summed E-state index contributed by atoms with van der Waals surface area (Å²) in [5.74, 6) is 0.709. The average molecular weight is 381 g/mol. The molecular weight excluding hydrogens is 365 g/mol. The molecule has 0 saturated heterocycles. The smallest absolute Gasteiger partial charge is 0.276 e. The Kier molecular flexibility index (Phi) is 3.98. The van der Waals surface area contributed by atoms with Gasteiger partial charge in [0.25, 0.3) is 5.91 Å². The van der Waals surface area contributed by atoms with Gasteiger partial charge in [-0.1, -0.05) is 6.07 Å². The fourth-order valence-electron chi connectivity index (χ4n) is 3.28. The number of hydrogen-bond acceptors (Lipinski definition) is 5. The molecule has 5 rings (SSSR count). The van der Waals surface area contributed by atoms with Gasteiger partial charge in [0.05, 0.1) is 18.8 Å². The Labute approximate surface area is 159 Å². The van der Waals surface area contributed by atoms with Gasteiger partial charge in [0, 0.05) is 5.69 Å². The molecule has 3 heterocycles. The van der Waals surface area contributed by atoms with Crippen LogP contribution >= 0.6 is 0 Å². The number of fused-ring (bicyclic) bond motifs is 2. The Bertz CT molecular complexity index is 1050. The van der Waals surface area contributed by atoms with Gasteiger partial charge < -0.3 is 19.5 Å². The molecular formula is C20H16FN3O4. The molecule has 0 bridgehead atoms. The minimum absolute atomic E-state index is 0.199. The van der Waals surface area contributed by atoms with Crippen LogP contribution in [0.2, 0.25) is 0 Å². The molecule has 0 saturated carbocycles. The lowest BCUT2D eigenvalue weighted by Gasteiger charge is -2.24. The predicted molar refractivity (Wildman–Crippen MR) is 96.7 cm³/mol. The number of ether oxygens (including phenoxy) is 3. The number of nitrogens with zero attached hydrogens (tertiary/aromatic N) is 2. The zero-order valence-corrected chi connectivity index (χ0v) is 14.7. The van der Waals surface area contributed by atoms with Gasteiger partial charge in [-0.25, -0.2) is 4.39 Å². The second-order valence-corrected chi connectivity index (χ2v) is 6.58. The molecule has 0 aliphatic carbocycles. The number of amides is 1. The van der Waals surface area contributed by atoms with Crippen molar-refractivity contribution < 1.29 is 23.4 Å². The van der Waals surface area contributed by atoms with E-state index in [0.717, 1.165) is 17.0 Å². The second-order valence-electron chi connectivity index (χ2n) is 6.58. The van der Waals surface area contributed by atoms with Crippen molar-refractivity contribution in [3.63, 3.8) is 0 Å². The van der Waals surface area contributed by atoms with E-state index in [1.54, 1.807) is 10.7 Å². The largest absolute Gasteiger partial charge is 0.454 e. The van der Waals surface area contributed by atoms with Crippen LogP contribution in [-0.2, 0) is 17.9 Å². The number of halogens is 1.